The standard InChI is InChI=1S/C13H18N6/c14-8-1-3-10(16)12(18)6(8)5-7-9(15)2-4-11(17)13(7)19/h1-4H,5,14-19H2. The van der Waals surface area contributed by atoms with E-state index in [2.05, 4.69) is 0 Å². The van der Waals surface area contributed by atoms with Crippen molar-refractivity contribution in [2.24, 2.45) is 0 Å². The molecule has 100 valence electrons. The van der Waals surface area contributed by atoms with E-state index >= 15 is 0 Å². The summed E-state index contributed by atoms with van der Waals surface area (Å²) in [5.41, 5.74) is 39.7. The zero-order chi connectivity index (χ0) is 14.2. The van der Waals surface area contributed by atoms with Gasteiger partial charge in [0.15, 0.2) is 0 Å². The lowest BCUT2D eigenvalue weighted by Gasteiger charge is -2.15. The molecule has 6 heteroatoms. The molecular formula is C13H18N6. The molecule has 0 unspecified atom stereocenters. The van der Waals surface area contributed by atoms with Gasteiger partial charge < -0.3 is 34.4 Å². The van der Waals surface area contributed by atoms with Crippen molar-refractivity contribution in [1.82, 2.24) is 0 Å². The number of nitrogen functional groups attached to an aromatic ring is 6. The third kappa shape index (κ3) is 2.15. The zero-order valence-electron chi connectivity index (χ0n) is 10.5. The largest absolute Gasteiger partial charge is 0.398 e. The van der Waals surface area contributed by atoms with Crippen molar-refractivity contribution < 1.29 is 0 Å². The molecule has 0 aliphatic rings. The minimum atomic E-state index is 0.394. The third-order valence-corrected chi connectivity index (χ3v) is 3.21. The number of anilines is 6. The number of rotatable bonds is 2. The van der Waals surface area contributed by atoms with Crippen LogP contribution in [0.3, 0.4) is 0 Å². The molecule has 12 N–H and O–H groups in total. The van der Waals surface area contributed by atoms with Crippen LogP contribution in [0.1, 0.15) is 11.1 Å². The second kappa shape index (κ2) is 4.49. The van der Waals surface area contributed by atoms with Crippen LogP contribution in [0.5, 0.6) is 0 Å². The molecule has 6 nitrogen and oxygen atoms in total. The molecule has 0 radical (unpaired) electrons. The highest BCUT2D eigenvalue weighted by atomic mass is 14.7. The number of benzene rings is 2. The summed E-state index contributed by atoms with van der Waals surface area (Å²) < 4.78 is 0. The fourth-order valence-corrected chi connectivity index (χ4v) is 1.97. The molecule has 0 aromatic heterocycles. The van der Waals surface area contributed by atoms with Gasteiger partial charge in [-0.2, -0.15) is 0 Å². The number of hydrogen-bond acceptors (Lipinski definition) is 6. The molecule has 0 aliphatic carbocycles. The Morgan fingerprint density at radius 1 is 0.526 bits per heavy atom. The summed E-state index contributed by atoms with van der Waals surface area (Å²) in [6.07, 6.45) is 0.394. The minimum absolute atomic E-state index is 0.394. The molecule has 0 fully saturated rings. The van der Waals surface area contributed by atoms with Crippen LogP contribution in [0.4, 0.5) is 34.1 Å². The average molecular weight is 258 g/mol. The molecule has 19 heavy (non-hydrogen) atoms. The zero-order valence-corrected chi connectivity index (χ0v) is 10.5. The van der Waals surface area contributed by atoms with Gasteiger partial charge in [-0.3, -0.25) is 0 Å². The summed E-state index contributed by atoms with van der Waals surface area (Å²) >= 11 is 0. The molecular weight excluding hydrogens is 240 g/mol. The monoisotopic (exact) mass is 258 g/mol. The van der Waals surface area contributed by atoms with Crippen molar-refractivity contribution in [2.75, 3.05) is 34.4 Å². The molecule has 0 saturated carbocycles. The van der Waals surface area contributed by atoms with Crippen LogP contribution in [-0.2, 0) is 6.42 Å². The van der Waals surface area contributed by atoms with Crippen molar-refractivity contribution in [3.05, 3.63) is 35.4 Å². The average Bonchev–Trinajstić information content (AvgIpc) is 2.38. The molecule has 2 aromatic rings. The van der Waals surface area contributed by atoms with Gasteiger partial charge in [0.05, 0.1) is 22.7 Å². The van der Waals surface area contributed by atoms with E-state index < -0.39 is 0 Å². The SMILES string of the molecule is Nc1ccc(N)c(Cc2c(N)ccc(N)c2N)c1N. The predicted octanol–water partition coefficient (Wildman–Crippen LogP) is 0.771. The summed E-state index contributed by atoms with van der Waals surface area (Å²) in [6.45, 7) is 0. The second-order valence-corrected chi connectivity index (χ2v) is 4.45. The van der Waals surface area contributed by atoms with Crippen molar-refractivity contribution >= 4 is 34.1 Å². The Kier molecular flexibility index (Phi) is 3.00. The van der Waals surface area contributed by atoms with Gasteiger partial charge in [-0.1, -0.05) is 0 Å². The maximum atomic E-state index is 5.95. The van der Waals surface area contributed by atoms with E-state index in [1.54, 1.807) is 24.3 Å². The topological polar surface area (TPSA) is 156 Å². The highest BCUT2D eigenvalue weighted by molar-refractivity contribution is 5.79. The maximum Gasteiger partial charge on any atom is 0.0604 e. The Morgan fingerprint density at radius 2 is 0.842 bits per heavy atom. The Morgan fingerprint density at radius 3 is 1.21 bits per heavy atom. The lowest BCUT2D eigenvalue weighted by molar-refractivity contribution is 1.21. The first-order chi connectivity index (χ1) is 8.91. The first-order valence-corrected chi connectivity index (χ1v) is 5.76. The highest BCUT2D eigenvalue weighted by Gasteiger charge is 2.13. The number of nitrogens with two attached hydrogens (primary N) is 6. The summed E-state index contributed by atoms with van der Waals surface area (Å²) in [4.78, 5) is 0. The van der Waals surface area contributed by atoms with Crippen LogP contribution < -0.4 is 34.4 Å². The van der Waals surface area contributed by atoms with Crippen LogP contribution in [0.2, 0.25) is 0 Å². The molecule has 0 aliphatic heterocycles. The summed E-state index contributed by atoms with van der Waals surface area (Å²) in [5.74, 6) is 0. The molecule has 0 saturated heterocycles. The summed E-state index contributed by atoms with van der Waals surface area (Å²) in [6, 6.07) is 6.75. The van der Waals surface area contributed by atoms with E-state index in [1.807, 2.05) is 0 Å². The van der Waals surface area contributed by atoms with Gasteiger partial charge in [-0.15, -0.1) is 0 Å². The van der Waals surface area contributed by atoms with Crippen molar-refractivity contribution in [2.45, 2.75) is 6.42 Å². The summed E-state index contributed by atoms with van der Waals surface area (Å²) in [7, 11) is 0. The van der Waals surface area contributed by atoms with Crippen LogP contribution in [0.15, 0.2) is 24.3 Å². The molecule has 0 atom stereocenters. The summed E-state index contributed by atoms with van der Waals surface area (Å²) in [5, 5.41) is 0. The van der Waals surface area contributed by atoms with Crippen LogP contribution in [-0.4, -0.2) is 0 Å². The van der Waals surface area contributed by atoms with Gasteiger partial charge in [-0.25, -0.2) is 0 Å². The Bertz CT molecular complexity index is 580. The Hall–Kier alpha value is -2.76. The molecule has 0 heterocycles. The van der Waals surface area contributed by atoms with Crippen LogP contribution in [0.25, 0.3) is 0 Å². The van der Waals surface area contributed by atoms with Gasteiger partial charge in [0.1, 0.15) is 0 Å². The molecule has 0 spiro atoms. The van der Waals surface area contributed by atoms with Crippen LogP contribution in [0, 0.1) is 0 Å². The fourth-order valence-electron chi connectivity index (χ4n) is 1.97. The van der Waals surface area contributed by atoms with E-state index in [1.165, 1.54) is 0 Å². The molecule has 2 aromatic carbocycles. The van der Waals surface area contributed by atoms with Crippen molar-refractivity contribution in [3.8, 4) is 0 Å². The molecule has 2 rings (SSSR count). The molecule has 0 bridgehead atoms. The van der Waals surface area contributed by atoms with Gasteiger partial charge in [0.25, 0.3) is 0 Å². The van der Waals surface area contributed by atoms with E-state index in [9.17, 15) is 0 Å². The van der Waals surface area contributed by atoms with Gasteiger partial charge in [0, 0.05) is 28.9 Å². The Balaban J connectivity index is 2.54. The minimum Gasteiger partial charge on any atom is -0.398 e. The highest BCUT2D eigenvalue weighted by Crippen LogP contribution is 2.33. The van der Waals surface area contributed by atoms with E-state index in [0.717, 1.165) is 0 Å². The van der Waals surface area contributed by atoms with Crippen molar-refractivity contribution in [3.63, 3.8) is 0 Å². The Labute approximate surface area is 111 Å². The lowest BCUT2D eigenvalue weighted by Crippen LogP contribution is -2.08. The van der Waals surface area contributed by atoms with Gasteiger partial charge in [0.2, 0.25) is 0 Å². The van der Waals surface area contributed by atoms with Gasteiger partial charge in [-0.05, 0) is 24.3 Å². The van der Waals surface area contributed by atoms with E-state index in [0.29, 0.717) is 51.7 Å². The molecule has 0 amide bonds. The number of hydrogen-bond donors (Lipinski definition) is 6. The first-order valence-electron chi connectivity index (χ1n) is 5.76. The smallest absolute Gasteiger partial charge is 0.0604 e. The normalized spacial score (nSPS) is 10.5. The predicted molar refractivity (Wildman–Crippen MR) is 82.2 cm³/mol. The van der Waals surface area contributed by atoms with Crippen LogP contribution >= 0.6 is 0 Å². The van der Waals surface area contributed by atoms with E-state index in [-0.39, 0.29) is 0 Å². The quantitative estimate of drug-likeness (QED) is 0.437. The van der Waals surface area contributed by atoms with Crippen molar-refractivity contribution in [1.29, 1.82) is 0 Å². The van der Waals surface area contributed by atoms with Gasteiger partial charge >= 0.3 is 0 Å². The maximum absolute atomic E-state index is 5.95. The fraction of sp³-hybridized carbons (Fsp3) is 0.0769. The lowest BCUT2D eigenvalue weighted by atomic mass is 9.97. The first kappa shape index (κ1) is 12.7. The van der Waals surface area contributed by atoms with E-state index in [4.69, 9.17) is 34.4 Å². The third-order valence-electron chi connectivity index (χ3n) is 3.21. The second-order valence-electron chi connectivity index (χ2n) is 4.45.